The molecule has 0 aliphatic rings. The standard InChI is InChI=1S/C8H12N2O5/c1-3-13-6(11)5-15-7(10-9)8(12)14-4-2/h3-5H2,1-2H3. The van der Waals surface area contributed by atoms with Crippen LogP contribution in [0.3, 0.4) is 0 Å². The van der Waals surface area contributed by atoms with Crippen LogP contribution < -0.4 is 0 Å². The Hall–Kier alpha value is -1.88. The number of nitrogens with zero attached hydrogens (tertiary/aromatic N) is 2. The Morgan fingerprint density at radius 3 is 2.20 bits per heavy atom. The van der Waals surface area contributed by atoms with Crippen molar-refractivity contribution in [1.82, 2.24) is 0 Å². The van der Waals surface area contributed by atoms with Crippen molar-refractivity contribution in [2.75, 3.05) is 19.8 Å². The number of carbonyl (C=O) groups excluding carboxylic acids is 2. The maximum atomic E-state index is 11.0. The lowest BCUT2D eigenvalue weighted by Crippen LogP contribution is -2.25. The Kier molecular flexibility index (Phi) is 6.57. The van der Waals surface area contributed by atoms with Gasteiger partial charge >= 0.3 is 17.8 Å². The molecule has 7 heteroatoms. The van der Waals surface area contributed by atoms with E-state index in [9.17, 15) is 9.59 Å². The summed E-state index contributed by atoms with van der Waals surface area (Å²) in [5.74, 6) is -2.28. The van der Waals surface area contributed by atoms with E-state index in [0.29, 0.717) is 0 Å². The van der Waals surface area contributed by atoms with Crippen LogP contribution in [0.4, 0.5) is 0 Å². The number of hydrogen-bond acceptors (Lipinski definition) is 5. The van der Waals surface area contributed by atoms with Crippen molar-refractivity contribution in [3.8, 4) is 0 Å². The third-order valence-corrected chi connectivity index (χ3v) is 1.17. The summed E-state index contributed by atoms with van der Waals surface area (Å²) < 4.78 is 13.6. The highest BCUT2D eigenvalue weighted by molar-refractivity contribution is 6.30. The molecule has 0 bridgehead atoms. The van der Waals surface area contributed by atoms with Gasteiger partial charge in [0.2, 0.25) is 0 Å². The molecular weight excluding hydrogens is 204 g/mol. The molecule has 0 saturated heterocycles. The van der Waals surface area contributed by atoms with Gasteiger partial charge in [0.15, 0.2) is 6.61 Å². The Labute approximate surface area is 86.5 Å². The van der Waals surface area contributed by atoms with E-state index in [2.05, 4.69) is 19.0 Å². The molecule has 0 aromatic carbocycles. The van der Waals surface area contributed by atoms with Gasteiger partial charge in [-0.2, -0.15) is 0 Å². The van der Waals surface area contributed by atoms with Crippen LogP contribution in [0.2, 0.25) is 0 Å². The van der Waals surface area contributed by atoms with Crippen molar-refractivity contribution in [3.05, 3.63) is 5.53 Å². The zero-order chi connectivity index (χ0) is 11.7. The van der Waals surface area contributed by atoms with Gasteiger partial charge in [0.05, 0.1) is 13.2 Å². The molecular formula is C8H12N2O5. The lowest BCUT2D eigenvalue weighted by atomic mass is 10.6. The molecule has 0 atom stereocenters. The summed E-state index contributed by atoms with van der Waals surface area (Å²) in [7, 11) is 0. The van der Waals surface area contributed by atoms with Crippen LogP contribution in [0.25, 0.3) is 5.53 Å². The van der Waals surface area contributed by atoms with Crippen LogP contribution >= 0.6 is 0 Å². The Balaban J connectivity index is 4.08. The summed E-state index contributed by atoms with van der Waals surface area (Å²) in [6.07, 6.45) is 0. The van der Waals surface area contributed by atoms with E-state index in [0.717, 1.165) is 0 Å². The molecule has 0 spiro atoms. The zero-order valence-electron chi connectivity index (χ0n) is 8.56. The van der Waals surface area contributed by atoms with Crippen LogP contribution in [0.5, 0.6) is 0 Å². The van der Waals surface area contributed by atoms with E-state index in [1.807, 2.05) is 0 Å². The number of rotatable bonds is 4. The maximum Gasteiger partial charge on any atom is 0.562 e. The summed E-state index contributed by atoms with van der Waals surface area (Å²) in [6, 6.07) is 0. The second kappa shape index (κ2) is 7.52. The molecule has 84 valence electrons. The number of esters is 2. The fourth-order valence-electron chi connectivity index (χ4n) is 0.651. The van der Waals surface area contributed by atoms with E-state index in [-0.39, 0.29) is 13.2 Å². The fraction of sp³-hybridized carbons (Fsp3) is 0.625. The van der Waals surface area contributed by atoms with E-state index in [1.165, 1.54) is 0 Å². The van der Waals surface area contributed by atoms with Crippen LogP contribution in [-0.2, 0) is 23.8 Å². The monoisotopic (exact) mass is 216 g/mol. The van der Waals surface area contributed by atoms with E-state index >= 15 is 0 Å². The van der Waals surface area contributed by atoms with Gasteiger partial charge in [-0.25, -0.2) is 9.59 Å². The predicted molar refractivity (Wildman–Crippen MR) is 47.8 cm³/mol. The SMILES string of the molecule is CCOC(=O)COC(=[N+]=[N-])C(=O)OCC. The Bertz CT molecular complexity index is 283. The minimum absolute atomic E-state index is 0.112. The van der Waals surface area contributed by atoms with Gasteiger partial charge in [0.25, 0.3) is 0 Å². The average molecular weight is 216 g/mol. The number of carbonyl (C=O) groups is 2. The smallest absolute Gasteiger partial charge is 0.463 e. The molecule has 15 heavy (non-hydrogen) atoms. The molecule has 0 aliphatic carbocycles. The van der Waals surface area contributed by atoms with E-state index in [1.54, 1.807) is 13.8 Å². The van der Waals surface area contributed by atoms with E-state index < -0.39 is 24.4 Å². The summed E-state index contributed by atoms with van der Waals surface area (Å²) in [4.78, 5) is 24.3. The summed E-state index contributed by atoms with van der Waals surface area (Å²) in [6.45, 7) is 3.02. The topological polar surface area (TPSA) is 98.2 Å². The third-order valence-electron chi connectivity index (χ3n) is 1.17. The molecule has 0 radical (unpaired) electrons. The second-order valence-corrected chi connectivity index (χ2v) is 2.22. The van der Waals surface area contributed by atoms with Crippen molar-refractivity contribution in [1.29, 1.82) is 0 Å². The summed E-state index contributed by atoms with van der Waals surface area (Å²) in [5, 5.41) is 0. The molecule has 0 amide bonds. The summed E-state index contributed by atoms with van der Waals surface area (Å²) >= 11 is 0. The van der Waals surface area contributed by atoms with Crippen molar-refractivity contribution >= 4 is 17.8 Å². The van der Waals surface area contributed by atoms with Crippen LogP contribution in [0, 0.1) is 0 Å². The largest absolute Gasteiger partial charge is 0.562 e. The molecule has 0 heterocycles. The molecule has 0 unspecified atom stereocenters. The van der Waals surface area contributed by atoms with Gasteiger partial charge in [-0.15, -0.1) is 4.79 Å². The van der Waals surface area contributed by atoms with Gasteiger partial charge in [-0.3, -0.25) is 0 Å². The highest BCUT2D eigenvalue weighted by Crippen LogP contribution is 1.87. The minimum atomic E-state index is -0.940. The van der Waals surface area contributed by atoms with Crippen LogP contribution in [-0.4, -0.2) is 42.4 Å². The van der Waals surface area contributed by atoms with Crippen LogP contribution in [0.15, 0.2) is 0 Å². The van der Waals surface area contributed by atoms with Gasteiger partial charge in [-0.05, 0) is 13.8 Å². The van der Waals surface area contributed by atoms with Crippen molar-refractivity contribution in [3.63, 3.8) is 0 Å². The molecule has 0 saturated carbocycles. The molecule has 7 nitrogen and oxygen atoms in total. The zero-order valence-corrected chi connectivity index (χ0v) is 8.56. The lowest BCUT2D eigenvalue weighted by molar-refractivity contribution is -0.151. The first kappa shape index (κ1) is 13.1. The number of ether oxygens (including phenoxy) is 3. The van der Waals surface area contributed by atoms with Gasteiger partial charge in [0.1, 0.15) is 0 Å². The number of hydrogen-bond donors (Lipinski definition) is 0. The second-order valence-electron chi connectivity index (χ2n) is 2.22. The molecule has 0 fully saturated rings. The fourth-order valence-corrected chi connectivity index (χ4v) is 0.651. The molecule has 0 aromatic rings. The van der Waals surface area contributed by atoms with Gasteiger partial charge in [0, 0.05) is 0 Å². The maximum absolute atomic E-state index is 11.0. The van der Waals surface area contributed by atoms with Gasteiger partial charge in [-0.1, -0.05) is 0 Å². The van der Waals surface area contributed by atoms with Crippen LogP contribution in [0.1, 0.15) is 13.8 Å². The minimum Gasteiger partial charge on any atom is -0.463 e. The Morgan fingerprint density at radius 1 is 1.13 bits per heavy atom. The average Bonchev–Trinajstić information content (AvgIpc) is 2.19. The van der Waals surface area contributed by atoms with Gasteiger partial charge < -0.3 is 19.7 Å². The predicted octanol–water partition coefficient (Wildman–Crippen LogP) is -0.243. The molecule has 0 rings (SSSR count). The summed E-state index contributed by atoms with van der Waals surface area (Å²) in [5.41, 5.74) is 8.38. The molecule has 0 aromatic heterocycles. The first-order chi connectivity index (χ1) is 7.15. The molecule has 0 aliphatic heterocycles. The first-order valence-electron chi connectivity index (χ1n) is 4.33. The third kappa shape index (κ3) is 5.43. The molecule has 0 N–H and O–H groups in total. The highest BCUT2D eigenvalue weighted by Gasteiger charge is 2.25. The van der Waals surface area contributed by atoms with Crippen molar-refractivity contribution < 1.29 is 28.6 Å². The quantitative estimate of drug-likeness (QED) is 0.212. The normalized spacial score (nSPS) is 8.67. The van der Waals surface area contributed by atoms with Crippen molar-refractivity contribution in [2.45, 2.75) is 13.8 Å². The van der Waals surface area contributed by atoms with Crippen molar-refractivity contribution in [2.24, 2.45) is 0 Å². The lowest BCUT2D eigenvalue weighted by Gasteiger charge is -2.01. The Morgan fingerprint density at radius 2 is 1.73 bits per heavy atom. The van der Waals surface area contributed by atoms with E-state index in [4.69, 9.17) is 5.53 Å². The first-order valence-corrected chi connectivity index (χ1v) is 4.33. The highest BCUT2D eigenvalue weighted by atomic mass is 16.6.